The molecule has 1 fully saturated rings. The first-order valence-electron chi connectivity index (χ1n) is 6.43. The van der Waals surface area contributed by atoms with Crippen LogP contribution >= 0.6 is 12.4 Å². The summed E-state index contributed by atoms with van der Waals surface area (Å²) in [4.78, 5) is 5.37. The standard InChI is InChI=1S/C11H23N3O6.ClH/c12-11(13-1-3-20-4-2-15)14-5-8(17)10(19)9(18)7(14)6-16;/h7-10,15-19H,1-6H2,(H2,12,13);1H/t7-,8+,9-,10-;/m1./s1. The smallest absolute Gasteiger partial charge is 0.191 e. The number of hydrogen-bond acceptors (Lipinski definition) is 7. The first-order valence-corrected chi connectivity index (χ1v) is 6.43. The van der Waals surface area contributed by atoms with Crippen LogP contribution in [0.3, 0.4) is 0 Å². The van der Waals surface area contributed by atoms with Gasteiger partial charge in [0.25, 0.3) is 0 Å². The van der Waals surface area contributed by atoms with E-state index in [0.29, 0.717) is 0 Å². The van der Waals surface area contributed by atoms with Gasteiger partial charge < -0.3 is 40.9 Å². The van der Waals surface area contributed by atoms with Gasteiger partial charge in [-0.15, -0.1) is 12.4 Å². The number of guanidine groups is 1. The second kappa shape index (κ2) is 10.1. The number of aliphatic imine (C=N–C) groups is 1. The quantitative estimate of drug-likeness (QED) is 0.167. The number of halogens is 1. The molecule has 0 unspecified atom stereocenters. The highest BCUT2D eigenvalue weighted by molar-refractivity contribution is 5.85. The Bertz CT molecular complexity index is 322. The predicted molar refractivity (Wildman–Crippen MR) is 77.2 cm³/mol. The lowest BCUT2D eigenvalue weighted by Gasteiger charge is -2.43. The molecule has 0 aromatic carbocycles. The Morgan fingerprint density at radius 2 is 1.86 bits per heavy atom. The number of nitrogens with two attached hydrogens (primary N) is 1. The molecule has 4 atom stereocenters. The minimum Gasteiger partial charge on any atom is -0.394 e. The van der Waals surface area contributed by atoms with Gasteiger partial charge in [-0.3, -0.25) is 4.99 Å². The molecule has 0 bridgehead atoms. The van der Waals surface area contributed by atoms with Crippen molar-refractivity contribution in [3.05, 3.63) is 0 Å². The molecular formula is C11H24ClN3O6. The molecule has 1 heterocycles. The second-order valence-corrected chi connectivity index (χ2v) is 4.53. The number of hydrogen-bond donors (Lipinski definition) is 6. The van der Waals surface area contributed by atoms with Crippen LogP contribution in [0.5, 0.6) is 0 Å². The van der Waals surface area contributed by atoms with Crippen molar-refractivity contribution in [1.82, 2.24) is 4.90 Å². The Labute approximate surface area is 129 Å². The van der Waals surface area contributed by atoms with Gasteiger partial charge in [0.15, 0.2) is 5.96 Å². The number of rotatable bonds is 6. The highest BCUT2D eigenvalue weighted by Gasteiger charge is 2.41. The number of aliphatic hydroxyl groups excluding tert-OH is 5. The van der Waals surface area contributed by atoms with Crippen LogP contribution in [0.2, 0.25) is 0 Å². The summed E-state index contributed by atoms with van der Waals surface area (Å²) in [5.74, 6) is 0.0432. The Morgan fingerprint density at radius 1 is 1.19 bits per heavy atom. The zero-order chi connectivity index (χ0) is 15.1. The number of β-amino-alcohol motifs (C(OH)–C–C–N with tert-alkyl or cyclic N) is 1. The molecule has 0 spiro atoms. The lowest BCUT2D eigenvalue weighted by atomic mass is 9.94. The summed E-state index contributed by atoms with van der Waals surface area (Å²) < 4.78 is 5.01. The first-order chi connectivity index (χ1) is 9.52. The highest BCUT2D eigenvalue weighted by atomic mass is 35.5. The molecule has 1 aliphatic rings. The third kappa shape index (κ3) is 5.55. The summed E-state index contributed by atoms with van der Waals surface area (Å²) in [6.07, 6.45) is -3.82. The van der Waals surface area contributed by atoms with Crippen LogP contribution in [0, 0.1) is 0 Å². The van der Waals surface area contributed by atoms with E-state index in [2.05, 4.69) is 4.99 Å². The van der Waals surface area contributed by atoms with Crippen LogP contribution in [-0.4, -0.2) is 100 Å². The van der Waals surface area contributed by atoms with Crippen molar-refractivity contribution in [2.24, 2.45) is 10.7 Å². The first kappa shape index (κ1) is 20.3. The molecule has 9 nitrogen and oxygen atoms in total. The molecular weight excluding hydrogens is 306 g/mol. The van der Waals surface area contributed by atoms with E-state index >= 15 is 0 Å². The number of nitrogens with zero attached hydrogens (tertiary/aromatic N) is 2. The Kier molecular flexibility index (Phi) is 9.79. The molecule has 21 heavy (non-hydrogen) atoms. The molecule has 0 saturated carbocycles. The van der Waals surface area contributed by atoms with Gasteiger partial charge >= 0.3 is 0 Å². The summed E-state index contributed by atoms with van der Waals surface area (Å²) in [5, 5.41) is 46.8. The van der Waals surface area contributed by atoms with Gasteiger partial charge in [-0.25, -0.2) is 0 Å². The largest absolute Gasteiger partial charge is 0.394 e. The van der Waals surface area contributed by atoms with Crippen LogP contribution in [0.1, 0.15) is 0 Å². The minimum atomic E-state index is -1.33. The molecule has 126 valence electrons. The predicted octanol–water partition coefficient (Wildman–Crippen LogP) is -3.51. The fraction of sp³-hybridized carbons (Fsp3) is 0.909. The number of piperidine rings is 1. The SMILES string of the molecule is Cl.NC(=NCCOCCO)N1C[C@H](O)[C@@H](O)[C@H](O)[C@H]1CO. The third-order valence-corrected chi connectivity index (χ3v) is 3.15. The number of aliphatic hydroxyl groups is 5. The van der Waals surface area contributed by atoms with Crippen molar-refractivity contribution in [2.45, 2.75) is 24.4 Å². The van der Waals surface area contributed by atoms with Crippen molar-refractivity contribution in [3.63, 3.8) is 0 Å². The van der Waals surface area contributed by atoms with E-state index in [1.165, 1.54) is 4.90 Å². The van der Waals surface area contributed by atoms with Gasteiger partial charge in [-0.05, 0) is 0 Å². The molecule has 1 rings (SSSR count). The van der Waals surface area contributed by atoms with E-state index in [1.54, 1.807) is 0 Å². The van der Waals surface area contributed by atoms with Crippen molar-refractivity contribution in [1.29, 1.82) is 0 Å². The molecule has 7 N–H and O–H groups in total. The summed E-state index contributed by atoms with van der Waals surface area (Å²) in [7, 11) is 0. The van der Waals surface area contributed by atoms with E-state index < -0.39 is 31.0 Å². The van der Waals surface area contributed by atoms with E-state index in [9.17, 15) is 20.4 Å². The van der Waals surface area contributed by atoms with Crippen LogP contribution in [-0.2, 0) is 4.74 Å². The maximum Gasteiger partial charge on any atom is 0.191 e. The Balaban J connectivity index is 0.00000400. The van der Waals surface area contributed by atoms with Crippen molar-refractivity contribution < 1.29 is 30.3 Å². The lowest BCUT2D eigenvalue weighted by Crippen LogP contribution is -2.65. The molecule has 10 heteroatoms. The average molecular weight is 330 g/mol. The van der Waals surface area contributed by atoms with Crippen LogP contribution in [0.4, 0.5) is 0 Å². The monoisotopic (exact) mass is 329 g/mol. The van der Waals surface area contributed by atoms with Gasteiger partial charge in [0.05, 0.1) is 39.0 Å². The maximum absolute atomic E-state index is 9.79. The van der Waals surface area contributed by atoms with Crippen molar-refractivity contribution >= 4 is 18.4 Å². The van der Waals surface area contributed by atoms with E-state index in [4.69, 9.17) is 15.6 Å². The van der Waals surface area contributed by atoms with Crippen molar-refractivity contribution in [2.75, 3.05) is 39.5 Å². The highest BCUT2D eigenvalue weighted by Crippen LogP contribution is 2.18. The van der Waals surface area contributed by atoms with Crippen LogP contribution in [0.25, 0.3) is 0 Å². The van der Waals surface area contributed by atoms with Gasteiger partial charge in [0.1, 0.15) is 18.3 Å². The topological polar surface area (TPSA) is 152 Å². The van der Waals surface area contributed by atoms with E-state index in [-0.39, 0.29) is 51.3 Å². The van der Waals surface area contributed by atoms with E-state index in [1.807, 2.05) is 0 Å². The molecule has 1 aliphatic heterocycles. The third-order valence-electron chi connectivity index (χ3n) is 3.15. The summed E-state index contributed by atoms with van der Waals surface area (Å²) in [6, 6.07) is -0.824. The maximum atomic E-state index is 9.79. The summed E-state index contributed by atoms with van der Waals surface area (Å²) in [6.45, 7) is 0.191. The molecule has 1 saturated heterocycles. The average Bonchev–Trinajstić information content (AvgIpc) is 2.44. The summed E-state index contributed by atoms with van der Waals surface area (Å²) >= 11 is 0. The molecule has 0 radical (unpaired) electrons. The normalized spacial score (nSPS) is 30.1. The van der Waals surface area contributed by atoms with E-state index in [0.717, 1.165) is 0 Å². The molecule has 0 aliphatic carbocycles. The fourth-order valence-corrected chi connectivity index (χ4v) is 2.04. The molecule has 0 amide bonds. The zero-order valence-corrected chi connectivity index (χ0v) is 12.4. The lowest BCUT2D eigenvalue weighted by molar-refractivity contribution is -0.128. The Hall–Kier alpha value is -0.680. The Morgan fingerprint density at radius 3 is 2.43 bits per heavy atom. The zero-order valence-electron chi connectivity index (χ0n) is 11.6. The molecule has 0 aromatic rings. The second-order valence-electron chi connectivity index (χ2n) is 4.53. The number of ether oxygens (including phenoxy) is 1. The minimum absolute atomic E-state index is 0. The van der Waals surface area contributed by atoms with Crippen LogP contribution < -0.4 is 5.73 Å². The van der Waals surface area contributed by atoms with Crippen LogP contribution in [0.15, 0.2) is 4.99 Å². The summed E-state index contributed by atoms with van der Waals surface area (Å²) in [5.41, 5.74) is 5.76. The van der Waals surface area contributed by atoms with Gasteiger partial charge in [0.2, 0.25) is 0 Å². The fourth-order valence-electron chi connectivity index (χ4n) is 2.04. The number of likely N-dealkylation sites (tertiary alicyclic amines) is 1. The van der Waals surface area contributed by atoms with Crippen molar-refractivity contribution in [3.8, 4) is 0 Å². The van der Waals surface area contributed by atoms with Gasteiger partial charge in [0, 0.05) is 6.54 Å². The van der Waals surface area contributed by atoms with Gasteiger partial charge in [-0.2, -0.15) is 0 Å². The van der Waals surface area contributed by atoms with Gasteiger partial charge in [-0.1, -0.05) is 0 Å². The molecule has 0 aromatic heterocycles.